The summed E-state index contributed by atoms with van der Waals surface area (Å²) in [4.78, 5) is 4.55. The standard InChI is InChI=1S/C22H23NO/c1-2-3-16-24-22-14-8-18(9-15-22)17-23-21-12-10-20(11-13-21)19-6-4-5-7-19/h4-15,17,19H,2-3,16H2,1H3. The summed E-state index contributed by atoms with van der Waals surface area (Å²) in [6.07, 6.45) is 12.7. The van der Waals surface area contributed by atoms with Crippen molar-refractivity contribution >= 4 is 11.9 Å². The molecule has 0 amide bonds. The van der Waals surface area contributed by atoms with Crippen molar-refractivity contribution in [3.05, 3.63) is 84.0 Å². The Morgan fingerprint density at radius 1 is 0.958 bits per heavy atom. The Morgan fingerprint density at radius 3 is 2.33 bits per heavy atom. The number of nitrogens with zero attached hydrogens (tertiary/aromatic N) is 1. The molecule has 0 unspecified atom stereocenters. The first-order valence-electron chi connectivity index (χ1n) is 8.57. The van der Waals surface area contributed by atoms with Crippen LogP contribution in [0.15, 0.2) is 77.8 Å². The number of unbranched alkanes of at least 4 members (excludes halogenated alkanes) is 1. The van der Waals surface area contributed by atoms with Gasteiger partial charge >= 0.3 is 0 Å². The molecule has 0 radical (unpaired) electrons. The summed E-state index contributed by atoms with van der Waals surface area (Å²) in [5.41, 5.74) is 3.34. The van der Waals surface area contributed by atoms with Gasteiger partial charge in [-0.05, 0) is 53.9 Å². The van der Waals surface area contributed by atoms with Crippen molar-refractivity contribution in [3.63, 3.8) is 0 Å². The molecule has 0 atom stereocenters. The first-order chi connectivity index (χ1) is 11.8. The summed E-state index contributed by atoms with van der Waals surface area (Å²) in [6.45, 7) is 2.94. The second kappa shape index (κ2) is 8.30. The maximum Gasteiger partial charge on any atom is 0.119 e. The minimum absolute atomic E-state index is 0.406. The van der Waals surface area contributed by atoms with Gasteiger partial charge in [0.25, 0.3) is 0 Å². The van der Waals surface area contributed by atoms with Crippen molar-refractivity contribution in [2.24, 2.45) is 4.99 Å². The fraction of sp³-hybridized carbons (Fsp3) is 0.227. The predicted molar refractivity (Wildman–Crippen MR) is 102 cm³/mol. The van der Waals surface area contributed by atoms with Gasteiger partial charge in [0.2, 0.25) is 0 Å². The van der Waals surface area contributed by atoms with Crippen LogP contribution in [0.3, 0.4) is 0 Å². The van der Waals surface area contributed by atoms with E-state index in [-0.39, 0.29) is 0 Å². The smallest absolute Gasteiger partial charge is 0.119 e. The van der Waals surface area contributed by atoms with E-state index in [2.05, 4.69) is 60.5 Å². The number of allylic oxidation sites excluding steroid dienone is 4. The molecular weight excluding hydrogens is 294 g/mol. The Hall–Kier alpha value is -2.61. The van der Waals surface area contributed by atoms with E-state index in [1.54, 1.807) is 0 Å². The molecule has 0 heterocycles. The van der Waals surface area contributed by atoms with Crippen molar-refractivity contribution in [2.75, 3.05) is 6.61 Å². The minimum Gasteiger partial charge on any atom is -0.494 e. The molecular formula is C22H23NO. The van der Waals surface area contributed by atoms with E-state index in [1.807, 2.05) is 30.5 Å². The zero-order chi connectivity index (χ0) is 16.6. The maximum absolute atomic E-state index is 5.67. The molecule has 2 aromatic carbocycles. The number of hydrogen-bond donors (Lipinski definition) is 0. The zero-order valence-electron chi connectivity index (χ0n) is 14.1. The van der Waals surface area contributed by atoms with E-state index in [1.165, 1.54) is 5.56 Å². The lowest BCUT2D eigenvalue weighted by molar-refractivity contribution is 0.309. The van der Waals surface area contributed by atoms with Gasteiger partial charge in [-0.25, -0.2) is 0 Å². The summed E-state index contributed by atoms with van der Waals surface area (Å²) < 4.78 is 5.67. The molecule has 0 fully saturated rings. The van der Waals surface area contributed by atoms with Crippen molar-refractivity contribution in [3.8, 4) is 5.75 Å². The van der Waals surface area contributed by atoms with Crippen LogP contribution in [0.2, 0.25) is 0 Å². The molecule has 122 valence electrons. The fourth-order valence-corrected chi connectivity index (χ4v) is 2.57. The lowest BCUT2D eigenvalue weighted by atomic mass is 10.0. The van der Waals surface area contributed by atoms with Crippen molar-refractivity contribution in [1.29, 1.82) is 0 Å². The predicted octanol–water partition coefficient (Wildman–Crippen LogP) is 5.83. The molecule has 2 nitrogen and oxygen atoms in total. The van der Waals surface area contributed by atoms with Gasteiger partial charge in [-0.15, -0.1) is 0 Å². The van der Waals surface area contributed by atoms with Gasteiger partial charge in [0.15, 0.2) is 0 Å². The summed E-state index contributed by atoms with van der Waals surface area (Å²) in [6, 6.07) is 16.5. The highest BCUT2D eigenvalue weighted by Crippen LogP contribution is 2.25. The first kappa shape index (κ1) is 16.3. The van der Waals surface area contributed by atoms with Crippen LogP contribution in [0.4, 0.5) is 5.69 Å². The van der Waals surface area contributed by atoms with Crippen LogP contribution >= 0.6 is 0 Å². The average molecular weight is 317 g/mol. The fourth-order valence-electron chi connectivity index (χ4n) is 2.57. The van der Waals surface area contributed by atoms with E-state index in [9.17, 15) is 0 Å². The highest BCUT2D eigenvalue weighted by Gasteiger charge is 2.05. The van der Waals surface area contributed by atoms with Crippen LogP contribution in [0, 0.1) is 0 Å². The molecule has 3 rings (SSSR count). The van der Waals surface area contributed by atoms with Crippen LogP contribution in [0.5, 0.6) is 5.75 Å². The van der Waals surface area contributed by atoms with Gasteiger partial charge in [-0.3, -0.25) is 4.99 Å². The molecule has 1 aliphatic carbocycles. The van der Waals surface area contributed by atoms with Crippen LogP contribution in [0.25, 0.3) is 0 Å². The number of aliphatic imine (C=N–C) groups is 1. The van der Waals surface area contributed by atoms with Crippen LogP contribution < -0.4 is 4.74 Å². The van der Waals surface area contributed by atoms with E-state index in [0.717, 1.165) is 36.4 Å². The highest BCUT2D eigenvalue weighted by molar-refractivity contribution is 5.82. The van der Waals surface area contributed by atoms with E-state index >= 15 is 0 Å². The molecule has 0 aliphatic heterocycles. The second-order valence-corrected chi connectivity index (χ2v) is 5.92. The van der Waals surface area contributed by atoms with Gasteiger partial charge in [-0.1, -0.05) is 49.8 Å². The molecule has 0 aromatic heterocycles. The Kier molecular flexibility index (Phi) is 5.62. The Morgan fingerprint density at radius 2 is 1.67 bits per heavy atom. The zero-order valence-corrected chi connectivity index (χ0v) is 14.1. The quantitative estimate of drug-likeness (QED) is 0.465. The molecule has 0 saturated heterocycles. The molecule has 0 bridgehead atoms. The molecule has 2 aromatic rings. The number of ether oxygens (including phenoxy) is 1. The lowest BCUT2D eigenvalue weighted by Gasteiger charge is -2.06. The number of benzene rings is 2. The largest absolute Gasteiger partial charge is 0.494 e. The summed E-state index contributed by atoms with van der Waals surface area (Å²) in [5, 5.41) is 0. The second-order valence-electron chi connectivity index (χ2n) is 5.92. The maximum atomic E-state index is 5.67. The summed E-state index contributed by atoms with van der Waals surface area (Å²) >= 11 is 0. The summed E-state index contributed by atoms with van der Waals surface area (Å²) in [7, 11) is 0. The third-order valence-corrected chi connectivity index (χ3v) is 4.04. The van der Waals surface area contributed by atoms with Crippen molar-refractivity contribution < 1.29 is 4.74 Å². The van der Waals surface area contributed by atoms with E-state index in [4.69, 9.17) is 4.74 Å². The molecule has 0 saturated carbocycles. The van der Waals surface area contributed by atoms with Crippen molar-refractivity contribution in [1.82, 2.24) is 0 Å². The Bertz CT molecular complexity index is 712. The van der Waals surface area contributed by atoms with Crippen LogP contribution in [-0.2, 0) is 0 Å². The SMILES string of the molecule is CCCCOc1ccc(C=Nc2ccc(C3C=CC=C3)cc2)cc1. The Balaban J connectivity index is 1.58. The van der Waals surface area contributed by atoms with Gasteiger partial charge < -0.3 is 4.74 Å². The van der Waals surface area contributed by atoms with Gasteiger partial charge in [0.05, 0.1) is 12.3 Å². The molecule has 2 heteroatoms. The highest BCUT2D eigenvalue weighted by atomic mass is 16.5. The monoisotopic (exact) mass is 317 g/mol. The van der Waals surface area contributed by atoms with Crippen molar-refractivity contribution in [2.45, 2.75) is 25.7 Å². The third kappa shape index (κ3) is 4.45. The minimum atomic E-state index is 0.406. The van der Waals surface area contributed by atoms with Gasteiger partial charge in [-0.2, -0.15) is 0 Å². The lowest BCUT2D eigenvalue weighted by Crippen LogP contribution is -1.96. The molecule has 24 heavy (non-hydrogen) atoms. The molecule has 0 N–H and O–H groups in total. The van der Waals surface area contributed by atoms with E-state index in [0.29, 0.717) is 5.92 Å². The van der Waals surface area contributed by atoms with Gasteiger partial charge in [0.1, 0.15) is 5.75 Å². The normalized spacial score (nSPS) is 13.9. The molecule has 1 aliphatic rings. The average Bonchev–Trinajstić information content (AvgIpc) is 3.16. The third-order valence-electron chi connectivity index (χ3n) is 4.04. The van der Waals surface area contributed by atoms with Crippen LogP contribution in [0.1, 0.15) is 36.8 Å². The Labute approximate surface area is 144 Å². The van der Waals surface area contributed by atoms with Crippen LogP contribution in [-0.4, -0.2) is 12.8 Å². The van der Waals surface area contributed by atoms with Gasteiger partial charge in [0, 0.05) is 12.1 Å². The summed E-state index contributed by atoms with van der Waals surface area (Å²) in [5.74, 6) is 1.32. The molecule has 0 spiro atoms. The topological polar surface area (TPSA) is 21.6 Å². The first-order valence-corrected chi connectivity index (χ1v) is 8.57. The number of hydrogen-bond acceptors (Lipinski definition) is 2. The van der Waals surface area contributed by atoms with E-state index < -0.39 is 0 Å². The number of rotatable bonds is 7.